The number of piperazine rings is 1. The molecule has 1 heterocycles. The van der Waals surface area contributed by atoms with Gasteiger partial charge in [0.15, 0.2) is 0 Å². The number of methoxy groups -OCH3 is 1. The first-order chi connectivity index (χ1) is 10.2. The van der Waals surface area contributed by atoms with Crippen molar-refractivity contribution in [2.24, 2.45) is 5.92 Å². The van der Waals surface area contributed by atoms with Crippen molar-refractivity contribution in [3.05, 3.63) is 0 Å². The van der Waals surface area contributed by atoms with Gasteiger partial charge in [-0.2, -0.15) is 0 Å². The minimum absolute atomic E-state index is 0.100. The zero-order valence-electron chi connectivity index (χ0n) is 12.9. The smallest absolute Gasteiger partial charge is 0.246 e. The number of ether oxygens (including phenoxy) is 1. The van der Waals surface area contributed by atoms with Crippen molar-refractivity contribution in [3.8, 4) is 0 Å². The number of unbranched alkanes of at least 4 members (excludes halogenated alkanes) is 1. The molecule has 3 fully saturated rings. The van der Waals surface area contributed by atoms with Crippen LogP contribution in [0.5, 0.6) is 0 Å². The summed E-state index contributed by atoms with van der Waals surface area (Å²) in [6.07, 6.45) is 7.73. The number of rotatable bonds is 6. The van der Waals surface area contributed by atoms with Gasteiger partial charge in [-0.15, -0.1) is 0 Å². The molecule has 3 rings (SSSR count). The Morgan fingerprint density at radius 1 is 1.24 bits per heavy atom. The molecule has 0 radical (unpaired) electrons. The molecule has 118 valence electrons. The maximum absolute atomic E-state index is 12.9. The van der Waals surface area contributed by atoms with Crippen LogP contribution in [0.2, 0.25) is 0 Å². The summed E-state index contributed by atoms with van der Waals surface area (Å²) in [4.78, 5) is 27.5. The Labute approximate surface area is 126 Å². The second kappa shape index (κ2) is 5.95. The van der Waals surface area contributed by atoms with Crippen molar-refractivity contribution >= 4 is 11.8 Å². The molecule has 1 saturated heterocycles. The lowest BCUT2D eigenvalue weighted by Crippen LogP contribution is -2.70. The molecule has 0 aromatic carbocycles. The fourth-order valence-corrected chi connectivity index (χ4v) is 3.89. The third-order valence-corrected chi connectivity index (χ3v) is 5.26. The molecule has 2 aliphatic carbocycles. The lowest BCUT2D eigenvalue weighted by Gasteiger charge is -2.46. The quantitative estimate of drug-likeness (QED) is 0.755. The van der Waals surface area contributed by atoms with E-state index in [0.29, 0.717) is 19.1 Å². The molecule has 0 aromatic rings. The monoisotopic (exact) mass is 294 g/mol. The van der Waals surface area contributed by atoms with Gasteiger partial charge in [-0.3, -0.25) is 9.59 Å². The Balaban J connectivity index is 1.74. The van der Waals surface area contributed by atoms with E-state index in [2.05, 4.69) is 5.32 Å². The van der Waals surface area contributed by atoms with E-state index in [1.54, 1.807) is 7.11 Å². The third-order valence-electron chi connectivity index (χ3n) is 5.26. The molecule has 1 spiro atoms. The van der Waals surface area contributed by atoms with Crippen LogP contribution in [-0.4, -0.2) is 48.6 Å². The molecule has 2 amide bonds. The van der Waals surface area contributed by atoms with Gasteiger partial charge in [0.05, 0.1) is 0 Å². The van der Waals surface area contributed by atoms with Crippen LogP contribution in [0, 0.1) is 5.92 Å². The molecular weight excluding hydrogens is 268 g/mol. The predicted octanol–water partition coefficient (Wildman–Crippen LogP) is 1.46. The minimum Gasteiger partial charge on any atom is -0.385 e. The largest absolute Gasteiger partial charge is 0.385 e. The number of carbonyl (C=O) groups excluding carboxylic acids is 2. The van der Waals surface area contributed by atoms with Gasteiger partial charge in [-0.1, -0.05) is 12.8 Å². The first-order valence-electron chi connectivity index (χ1n) is 8.30. The minimum atomic E-state index is -0.546. The van der Waals surface area contributed by atoms with Gasteiger partial charge in [0.25, 0.3) is 0 Å². The molecule has 21 heavy (non-hydrogen) atoms. The highest BCUT2D eigenvalue weighted by molar-refractivity contribution is 6.00. The van der Waals surface area contributed by atoms with Gasteiger partial charge in [0.2, 0.25) is 11.8 Å². The molecule has 5 nitrogen and oxygen atoms in total. The Morgan fingerprint density at radius 2 is 1.95 bits per heavy atom. The van der Waals surface area contributed by atoms with Crippen LogP contribution < -0.4 is 5.32 Å². The number of amides is 2. The summed E-state index contributed by atoms with van der Waals surface area (Å²) >= 11 is 0. The topological polar surface area (TPSA) is 58.6 Å². The van der Waals surface area contributed by atoms with Crippen molar-refractivity contribution < 1.29 is 14.3 Å². The first-order valence-corrected chi connectivity index (χ1v) is 8.30. The zero-order chi connectivity index (χ0) is 14.9. The van der Waals surface area contributed by atoms with Gasteiger partial charge >= 0.3 is 0 Å². The summed E-state index contributed by atoms with van der Waals surface area (Å²) in [5.74, 6) is 0.640. The summed E-state index contributed by atoms with van der Waals surface area (Å²) in [5.41, 5.74) is -0.546. The number of carbonyl (C=O) groups is 2. The second-order valence-electron chi connectivity index (χ2n) is 6.72. The Bertz CT molecular complexity index is 414. The number of hydrogen-bond donors (Lipinski definition) is 1. The summed E-state index contributed by atoms with van der Waals surface area (Å²) in [6.45, 7) is 1.41. The van der Waals surface area contributed by atoms with Crippen LogP contribution in [0.4, 0.5) is 0 Å². The highest BCUT2D eigenvalue weighted by Gasteiger charge is 2.55. The molecule has 2 saturated carbocycles. The molecule has 1 atom stereocenters. The van der Waals surface area contributed by atoms with E-state index in [9.17, 15) is 9.59 Å². The van der Waals surface area contributed by atoms with Crippen LogP contribution in [0.3, 0.4) is 0 Å². The van der Waals surface area contributed by atoms with Gasteiger partial charge in [0.1, 0.15) is 11.6 Å². The molecule has 1 aliphatic heterocycles. The van der Waals surface area contributed by atoms with Gasteiger partial charge in [0, 0.05) is 20.3 Å². The van der Waals surface area contributed by atoms with Crippen molar-refractivity contribution in [3.63, 3.8) is 0 Å². The van der Waals surface area contributed by atoms with Crippen molar-refractivity contribution in [2.75, 3.05) is 20.3 Å². The molecule has 1 N–H and O–H groups in total. The Morgan fingerprint density at radius 3 is 2.57 bits per heavy atom. The molecular formula is C16H26N2O3. The van der Waals surface area contributed by atoms with Crippen LogP contribution in [0.1, 0.15) is 51.4 Å². The average molecular weight is 294 g/mol. The lowest BCUT2D eigenvalue weighted by atomic mass is 9.88. The molecule has 0 aromatic heterocycles. The summed E-state index contributed by atoms with van der Waals surface area (Å²) in [7, 11) is 1.70. The summed E-state index contributed by atoms with van der Waals surface area (Å²) < 4.78 is 5.08. The normalized spacial score (nSPS) is 28.2. The van der Waals surface area contributed by atoms with E-state index in [0.717, 1.165) is 51.4 Å². The Kier molecular flexibility index (Phi) is 4.20. The highest BCUT2D eigenvalue weighted by Crippen LogP contribution is 2.42. The predicted molar refractivity (Wildman–Crippen MR) is 78.7 cm³/mol. The van der Waals surface area contributed by atoms with E-state index in [1.165, 1.54) is 0 Å². The number of hydrogen-bond acceptors (Lipinski definition) is 3. The second-order valence-corrected chi connectivity index (χ2v) is 6.72. The fourth-order valence-electron chi connectivity index (χ4n) is 3.89. The van der Waals surface area contributed by atoms with Gasteiger partial charge in [-0.05, 0) is 44.4 Å². The van der Waals surface area contributed by atoms with E-state index >= 15 is 0 Å². The van der Waals surface area contributed by atoms with E-state index < -0.39 is 5.54 Å². The van der Waals surface area contributed by atoms with Crippen LogP contribution >= 0.6 is 0 Å². The van der Waals surface area contributed by atoms with E-state index in [-0.39, 0.29) is 17.9 Å². The number of nitrogens with one attached hydrogen (secondary N) is 1. The summed E-state index contributed by atoms with van der Waals surface area (Å²) in [6, 6.07) is -0.258. The molecule has 0 bridgehead atoms. The standard InChI is InChI=1S/C16H26N2O3/c1-21-11-5-4-10-18-14(19)13(12-6-7-12)17-15(20)16(18)8-2-3-9-16/h12-13H,2-11H2,1H3,(H,17,20). The molecule has 3 aliphatic rings. The van der Waals surface area contributed by atoms with Crippen molar-refractivity contribution in [1.29, 1.82) is 0 Å². The van der Waals surface area contributed by atoms with Crippen LogP contribution in [0.25, 0.3) is 0 Å². The summed E-state index contributed by atoms with van der Waals surface area (Å²) in [5, 5.41) is 3.04. The third kappa shape index (κ3) is 2.68. The zero-order valence-corrected chi connectivity index (χ0v) is 12.9. The molecule has 5 heteroatoms. The fraction of sp³-hybridized carbons (Fsp3) is 0.875. The first kappa shape index (κ1) is 14.8. The highest BCUT2D eigenvalue weighted by atomic mass is 16.5. The van der Waals surface area contributed by atoms with Crippen LogP contribution in [0.15, 0.2) is 0 Å². The van der Waals surface area contributed by atoms with E-state index in [4.69, 9.17) is 4.74 Å². The van der Waals surface area contributed by atoms with Gasteiger partial charge in [-0.25, -0.2) is 0 Å². The Hall–Kier alpha value is -1.10. The SMILES string of the molecule is COCCCCN1C(=O)C(C2CC2)NC(=O)C12CCCC2. The number of nitrogens with zero attached hydrogens (tertiary/aromatic N) is 1. The van der Waals surface area contributed by atoms with E-state index in [1.807, 2.05) is 4.90 Å². The lowest BCUT2D eigenvalue weighted by molar-refractivity contribution is -0.158. The average Bonchev–Trinajstić information content (AvgIpc) is 3.20. The maximum atomic E-state index is 12.9. The van der Waals surface area contributed by atoms with Crippen LogP contribution in [-0.2, 0) is 14.3 Å². The van der Waals surface area contributed by atoms with Gasteiger partial charge < -0.3 is 15.0 Å². The maximum Gasteiger partial charge on any atom is 0.246 e. The van der Waals surface area contributed by atoms with Crippen molar-refractivity contribution in [1.82, 2.24) is 10.2 Å². The van der Waals surface area contributed by atoms with Crippen molar-refractivity contribution in [2.45, 2.75) is 62.9 Å². The molecule has 1 unspecified atom stereocenters.